The second kappa shape index (κ2) is 2.55. The largest absolute Gasteiger partial charge is 0.495 e. The van der Waals surface area contributed by atoms with Gasteiger partial charge in [-0.25, -0.2) is 0 Å². The number of nitrogens with zero attached hydrogens (tertiary/aromatic N) is 1. The van der Waals surface area contributed by atoms with E-state index < -0.39 is 0 Å². The van der Waals surface area contributed by atoms with Gasteiger partial charge < -0.3 is 10.0 Å². The van der Waals surface area contributed by atoms with Crippen molar-refractivity contribution in [2.24, 2.45) is 0 Å². The van der Waals surface area contributed by atoms with E-state index in [2.05, 4.69) is 6.07 Å². The summed E-state index contributed by atoms with van der Waals surface area (Å²) in [4.78, 5) is 1.79. The normalized spacial score (nSPS) is 15.4. The van der Waals surface area contributed by atoms with Crippen LogP contribution in [0.5, 0.6) is 0 Å². The van der Waals surface area contributed by atoms with E-state index in [-0.39, 0.29) is 0 Å². The van der Waals surface area contributed by atoms with Gasteiger partial charge in [0.05, 0.1) is 0 Å². The molecule has 0 aliphatic carbocycles. The van der Waals surface area contributed by atoms with Crippen molar-refractivity contribution in [1.82, 2.24) is 0 Å². The van der Waals surface area contributed by atoms with Crippen LogP contribution >= 0.6 is 0 Å². The quantitative estimate of drug-likeness (QED) is 0.629. The first kappa shape index (κ1) is 7.22. The molecule has 1 heterocycles. The molecule has 0 unspecified atom stereocenters. The van der Waals surface area contributed by atoms with Gasteiger partial charge in [-0.15, -0.1) is 0 Å². The predicted octanol–water partition coefficient (Wildman–Crippen LogP) is 2.08. The monoisotopic (exact) mass is 161 g/mol. The number of para-hydroxylation sites is 1. The highest BCUT2D eigenvalue weighted by Crippen LogP contribution is 2.26. The number of aliphatic hydroxyl groups excluding tert-OH is 1. The van der Waals surface area contributed by atoms with Crippen LogP contribution in [-0.4, -0.2) is 12.2 Å². The fourth-order valence-corrected chi connectivity index (χ4v) is 1.47. The second-order valence-electron chi connectivity index (χ2n) is 2.95. The fourth-order valence-electron chi connectivity index (χ4n) is 1.47. The van der Waals surface area contributed by atoms with Crippen LogP contribution in [0, 0.1) is 0 Å². The van der Waals surface area contributed by atoms with Gasteiger partial charge in [0, 0.05) is 12.7 Å². The first-order chi connectivity index (χ1) is 5.79. The smallest absolute Gasteiger partial charge is 0.187 e. The molecule has 1 aliphatic rings. The van der Waals surface area contributed by atoms with Crippen molar-refractivity contribution in [3.8, 4) is 0 Å². The van der Waals surface area contributed by atoms with Crippen molar-refractivity contribution in [1.29, 1.82) is 0 Å². The number of aliphatic hydroxyl groups is 1. The van der Waals surface area contributed by atoms with E-state index in [1.54, 1.807) is 4.90 Å². The van der Waals surface area contributed by atoms with Crippen molar-refractivity contribution in [3.05, 3.63) is 41.8 Å². The summed E-state index contributed by atoms with van der Waals surface area (Å²) in [5, 5.41) is 9.41. The lowest BCUT2D eigenvalue weighted by molar-refractivity contribution is 0.392. The van der Waals surface area contributed by atoms with Gasteiger partial charge in [-0.1, -0.05) is 18.2 Å². The van der Waals surface area contributed by atoms with Gasteiger partial charge in [0.25, 0.3) is 0 Å². The first-order valence-corrected chi connectivity index (χ1v) is 4.00. The van der Waals surface area contributed by atoms with E-state index in [1.165, 1.54) is 5.56 Å². The van der Waals surface area contributed by atoms with Crippen LogP contribution < -0.4 is 4.90 Å². The third-order valence-corrected chi connectivity index (χ3v) is 2.20. The van der Waals surface area contributed by atoms with Crippen LogP contribution in [0.4, 0.5) is 5.69 Å². The minimum atomic E-state index is 0.341. The van der Waals surface area contributed by atoms with E-state index in [0.29, 0.717) is 5.88 Å². The van der Waals surface area contributed by atoms with Crippen LogP contribution in [0.3, 0.4) is 0 Å². The van der Waals surface area contributed by atoms with E-state index >= 15 is 0 Å². The highest BCUT2D eigenvalue weighted by atomic mass is 16.3. The van der Waals surface area contributed by atoms with Gasteiger partial charge >= 0.3 is 0 Å². The number of benzene rings is 1. The number of hydrogen-bond donors (Lipinski definition) is 1. The molecular weight excluding hydrogens is 150 g/mol. The van der Waals surface area contributed by atoms with Crippen molar-refractivity contribution < 1.29 is 5.11 Å². The average Bonchev–Trinajstić information content (AvgIpc) is 2.12. The molecule has 2 nitrogen and oxygen atoms in total. The molecule has 0 saturated heterocycles. The predicted molar refractivity (Wildman–Crippen MR) is 49.3 cm³/mol. The zero-order valence-electron chi connectivity index (χ0n) is 6.99. The number of fused-ring (bicyclic) bond motifs is 1. The lowest BCUT2D eigenvalue weighted by Crippen LogP contribution is -2.20. The number of rotatable bonds is 0. The standard InChI is InChI=1S/C10H11NO/c1-11-9-5-3-2-4-8(9)6-7-10(11)12/h2-5,7,12H,6H2,1H3. The lowest BCUT2D eigenvalue weighted by atomic mass is 10.1. The Kier molecular flexibility index (Phi) is 1.54. The third-order valence-electron chi connectivity index (χ3n) is 2.20. The lowest BCUT2D eigenvalue weighted by Gasteiger charge is -2.24. The Balaban J connectivity index is 2.49. The van der Waals surface area contributed by atoms with Crippen LogP contribution in [0.1, 0.15) is 5.56 Å². The van der Waals surface area contributed by atoms with Gasteiger partial charge in [0.1, 0.15) is 0 Å². The van der Waals surface area contributed by atoms with Crippen LogP contribution in [0.2, 0.25) is 0 Å². The van der Waals surface area contributed by atoms with Gasteiger partial charge in [-0.05, 0) is 24.1 Å². The molecule has 1 aliphatic heterocycles. The summed E-state index contributed by atoms with van der Waals surface area (Å²) in [7, 11) is 1.86. The summed E-state index contributed by atoms with van der Waals surface area (Å²) in [5.41, 5.74) is 2.36. The zero-order chi connectivity index (χ0) is 8.55. The highest BCUT2D eigenvalue weighted by Gasteiger charge is 2.13. The van der Waals surface area contributed by atoms with Gasteiger partial charge in [0.15, 0.2) is 5.88 Å². The summed E-state index contributed by atoms with van der Waals surface area (Å²) >= 11 is 0. The molecule has 0 saturated carbocycles. The van der Waals surface area contributed by atoms with Crippen molar-refractivity contribution >= 4 is 5.69 Å². The van der Waals surface area contributed by atoms with Gasteiger partial charge in [-0.2, -0.15) is 0 Å². The molecule has 2 rings (SSSR count). The molecule has 0 fully saturated rings. The Morgan fingerprint density at radius 3 is 2.92 bits per heavy atom. The van der Waals surface area contributed by atoms with Crippen LogP contribution in [0.15, 0.2) is 36.2 Å². The average molecular weight is 161 g/mol. The molecule has 0 atom stereocenters. The summed E-state index contributed by atoms with van der Waals surface area (Å²) in [6, 6.07) is 8.09. The van der Waals surface area contributed by atoms with Crippen molar-refractivity contribution in [2.45, 2.75) is 6.42 Å². The van der Waals surface area contributed by atoms with E-state index in [4.69, 9.17) is 0 Å². The number of hydrogen-bond acceptors (Lipinski definition) is 2. The third kappa shape index (κ3) is 0.961. The Morgan fingerprint density at radius 2 is 2.08 bits per heavy atom. The maximum absolute atomic E-state index is 9.41. The maximum atomic E-state index is 9.41. The summed E-state index contributed by atoms with van der Waals surface area (Å²) in [5.74, 6) is 0.341. The fraction of sp³-hybridized carbons (Fsp3) is 0.200. The zero-order valence-corrected chi connectivity index (χ0v) is 6.99. The number of anilines is 1. The molecular formula is C10H11NO. The maximum Gasteiger partial charge on any atom is 0.187 e. The molecule has 0 aromatic heterocycles. The topological polar surface area (TPSA) is 23.5 Å². The summed E-state index contributed by atoms with van der Waals surface area (Å²) in [6.45, 7) is 0. The molecule has 1 aromatic carbocycles. The summed E-state index contributed by atoms with van der Waals surface area (Å²) < 4.78 is 0. The Hall–Kier alpha value is -1.44. The van der Waals surface area contributed by atoms with Crippen LogP contribution in [0.25, 0.3) is 0 Å². The minimum Gasteiger partial charge on any atom is -0.495 e. The number of allylic oxidation sites excluding steroid dienone is 1. The first-order valence-electron chi connectivity index (χ1n) is 4.00. The Labute approximate surface area is 71.7 Å². The van der Waals surface area contributed by atoms with Crippen LogP contribution in [-0.2, 0) is 6.42 Å². The van der Waals surface area contributed by atoms with E-state index in [1.807, 2.05) is 31.3 Å². The van der Waals surface area contributed by atoms with E-state index in [9.17, 15) is 5.11 Å². The molecule has 1 aromatic rings. The van der Waals surface area contributed by atoms with Gasteiger partial charge in [-0.3, -0.25) is 0 Å². The molecule has 1 N–H and O–H groups in total. The highest BCUT2D eigenvalue weighted by molar-refractivity contribution is 5.59. The molecule has 12 heavy (non-hydrogen) atoms. The minimum absolute atomic E-state index is 0.341. The molecule has 0 spiro atoms. The summed E-state index contributed by atoms with van der Waals surface area (Å²) in [6.07, 6.45) is 2.65. The molecule has 2 heteroatoms. The molecule has 0 radical (unpaired) electrons. The Bertz CT molecular complexity index is 330. The van der Waals surface area contributed by atoms with Crippen molar-refractivity contribution in [3.63, 3.8) is 0 Å². The molecule has 0 amide bonds. The van der Waals surface area contributed by atoms with Crippen molar-refractivity contribution in [2.75, 3.05) is 11.9 Å². The van der Waals surface area contributed by atoms with E-state index in [0.717, 1.165) is 12.1 Å². The SMILES string of the molecule is CN1C(O)=CCc2ccccc21. The van der Waals surface area contributed by atoms with Gasteiger partial charge in [0.2, 0.25) is 0 Å². The molecule has 62 valence electrons. The molecule has 0 bridgehead atoms. The second-order valence-corrected chi connectivity index (χ2v) is 2.95. The Morgan fingerprint density at radius 1 is 1.33 bits per heavy atom.